The molecule has 26 heavy (non-hydrogen) atoms. The molecule has 136 valence electrons. The number of aromatic nitrogens is 1. The van der Waals surface area contributed by atoms with E-state index in [2.05, 4.69) is 14.8 Å². The molecule has 1 aromatic carbocycles. The fourth-order valence-electron chi connectivity index (χ4n) is 2.30. The number of carbonyl (C=O) groups is 2. The highest BCUT2D eigenvalue weighted by atomic mass is 31.1. The van der Waals surface area contributed by atoms with Crippen LogP contribution in [0, 0.1) is 5.92 Å². The van der Waals surface area contributed by atoms with Crippen molar-refractivity contribution < 1.29 is 28.9 Å². The monoisotopic (exact) mass is 377 g/mol. The first kappa shape index (κ1) is 19.7. The Labute approximate surface area is 150 Å². The summed E-state index contributed by atoms with van der Waals surface area (Å²) in [5, 5.41) is 20.3. The predicted octanol–water partition coefficient (Wildman–Crippen LogP) is 2.29. The number of rotatable bonds is 9. The second-order valence-electron chi connectivity index (χ2n) is 5.38. The highest BCUT2D eigenvalue weighted by Crippen LogP contribution is 2.27. The number of anilines is 1. The van der Waals surface area contributed by atoms with Gasteiger partial charge in [-0.25, -0.2) is 9.78 Å². The van der Waals surface area contributed by atoms with Crippen molar-refractivity contribution in [3.8, 4) is 0 Å². The van der Waals surface area contributed by atoms with Crippen molar-refractivity contribution in [1.82, 2.24) is 4.98 Å². The molecule has 0 radical (unpaired) electrons. The van der Waals surface area contributed by atoms with Gasteiger partial charge < -0.3 is 15.5 Å². The summed E-state index contributed by atoms with van der Waals surface area (Å²) in [5.74, 6) is -2.22. The van der Waals surface area contributed by atoms with Gasteiger partial charge in [-0.2, -0.15) is 0 Å². The number of amides is 1. The molecule has 8 nitrogen and oxygen atoms in total. The number of nitrogens with zero attached hydrogens (tertiary/aromatic N) is 1. The standard InChI is InChI=1S/C17H17N2O6P/c20-11-25-26(24)10-14(8-12-4-2-1-3-5-12)16(21)19-15-9-13(17(22)23)6-7-18-15/h1-7,9,14,20H,8,10-11H2,(H-,18,19,21,22,23)/p+1. The Morgan fingerprint density at radius 2 is 1.96 bits per heavy atom. The van der Waals surface area contributed by atoms with E-state index in [4.69, 9.17) is 10.2 Å². The molecule has 2 atom stereocenters. The predicted molar refractivity (Wildman–Crippen MR) is 94.1 cm³/mol. The Morgan fingerprint density at radius 1 is 1.23 bits per heavy atom. The summed E-state index contributed by atoms with van der Waals surface area (Å²) >= 11 is 0. The highest BCUT2D eigenvalue weighted by molar-refractivity contribution is 7.39. The summed E-state index contributed by atoms with van der Waals surface area (Å²) in [5.41, 5.74) is 0.858. The lowest BCUT2D eigenvalue weighted by Gasteiger charge is -2.12. The Kier molecular flexibility index (Phi) is 7.35. The van der Waals surface area contributed by atoms with Gasteiger partial charge in [0.2, 0.25) is 5.91 Å². The Balaban J connectivity index is 2.14. The first-order valence-corrected chi connectivity index (χ1v) is 9.08. The maximum absolute atomic E-state index is 12.6. The van der Waals surface area contributed by atoms with Crippen molar-refractivity contribution in [1.29, 1.82) is 0 Å². The lowest BCUT2D eigenvalue weighted by molar-refractivity contribution is -0.119. The van der Waals surface area contributed by atoms with Crippen molar-refractivity contribution in [3.63, 3.8) is 0 Å². The molecule has 0 aliphatic carbocycles. The van der Waals surface area contributed by atoms with Crippen LogP contribution in [-0.2, 0) is 20.3 Å². The van der Waals surface area contributed by atoms with E-state index in [9.17, 15) is 14.2 Å². The van der Waals surface area contributed by atoms with E-state index in [0.717, 1.165) is 5.56 Å². The molecule has 0 aliphatic rings. The van der Waals surface area contributed by atoms with Gasteiger partial charge in [-0.3, -0.25) is 4.79 Å². The number of carboxylic acids is 1. The minimum Gasteiger partial charge on any atom is -0.478 e. The van der Waals surface area contributed by atoms with Crippen LogP contribution in [0.15, 0.2) is 48.7 Å². The molecule has 0 bridgehead atoms. The SMILES string of the molecule is O=C(O)c1ccnc(NC(=O)C(Cc2ccccc2)C[P+](=O)OCO)c1. The van der Waals surface area contributed by atoms with E-state index < -0.39 is 32.6 Å². The fraction of sp³-hybridized carbons (Fsp3) is 0.235. The number of carboxylic acid groups (broad SMARTS) is 1. The van der Waals surface area contributed by atoms with E-state index in [1.807, 2.05) is 30.3 Å². The number of pyridine rings is 1. The van der Waals surface area contributed by atoms with Crippen LogP contribution in [0.25, 0.3) is 0 Å². The molecule has 2 aromatic rings. The molecule has 0 saturated heterocycles. The van der Waals surface area contributed by atoms with Gasteiger partial charge in [0.15, 0.2) is 13.0 Å². The third kappa shape index (κ3) is 6.00. The van der Waals surface area contributed by atoms with E-state index >= 15 is 0 Å². The van der Waals surface area contributed by atoms with Gasteiger partial charge >= 0.3 is 14.0 Å². The van der Waals surface area contributed by atoms with Crippen molar-refractivity contribution in [2.24, 2.45) is 5.92 Å². The van der Waals surface area contributed by atoms with E-state index in [-0.39, 0.29) is 17.5 Å². The quantitative estimate of drug-likeness (QED) is 0.452. The smallest absolute Gasteiger partial charge is 0.478 e. The minimum atomic E-state index is -2.22. The van der Waals surface area contributed by atoms with Crippen molar-refractivity contribution >= 4 is 25.7 Å². The average molecular weight is 377 g/mol. The summed E-state index contributed by atoms with van der Waals surface area (Å²) in [6.07, 6.45) is 1.50. The van der Waals surface area contributed by atoms with Crippen LogP contribution >= 0.6 is 8.03 Å². The average Bonchev–Trinajstić information content (AvgIpc) is 2.62. The molecule has 0 aliphatic heterocycles. The lowest BCUT2D eigenvalue weighted by Crippen LogP contribution is -2.27. The van der Waals surface area contributed by atoms with Gasteiger partial charge in [-0.05, 0) is 28.7 Å². The number of hydrogen-bond donors (Lipinski definition) is 3. The van der Waals surface area contributed by atoms with E-state index in [1.165, 1.54) is 18.3 Å². The minimum absolute atomic E-state index is 0.00963. The lowest BCUT2D eigenvalue weighted by atomic mass is 10.0. The normalized spacial score (nSPS) is 12.3. The molecule has 2 rings (SSSR count). The molecule has 1 amide bonds. The topological polar surface area (TPSA) is 126 Å². The molecule has 0 fully saturated rings. The number of aliphatic hydroxyl groups is 1. The Bertz CT molecular complexity index is 784. The summed E-state index contributed by atoms with van der Waals surface area (Å²) in [4.78, 5) is 27.5. The number of hydrogen-bond acceptors (Lipinski definition) is 6. The van der Waals surface area contributed by atoms with Crippen LogP contribution in [0.4, 0.5) is 5.82 Å². The third-order valence-corrected chi connectivity index (χ3v) is 4.67. The maximum Gasteiger partial charge on any atom is 0.511 e. The number of nitrogens with one attached hydrogen (secondary N) is 1. The fourth-order valence-corrected chi connectivity index (χ4v) is 3.19. The van der Waals surface area contributed by atoms with Gasteiger partial charge in [0.05, 0.1) is 11.5 Å². The van der Waals surface area contributed by atoms with Crippen LogP contribution in [0.2, 0.25) is 0 Å². The van der Waals surface area contributed by atoms with Crippen LogP contribution in [0.5, 0.6) is 0 Å². The molecule has 1 heterocycles. The van der Waals surface area contributed by atoms with Crippen LogP contribution < -0.4 is 5.32 Å². The van der Waals surface area contributed by atoms with E-state index in [0.29, 0.717) is 6.42 Å². The van der Waals surface area contributed by atoms with Crippen molar-refractivity contribution in [3.05, 3.63) is 59.8 Å². The largest absolute Gasteiger partial charge is 0.511 e. The number of aromatic carboxylic acids is 1. The van der Waals surface area contributed by atoms with Crippen LogP contribution in [-0.4, -0.2) is 40.0 Å². The Morgan fingerprint density at radius 3 is 2.62 bits per heavy atom. The zero-order chi connectivity index (χ0) is 18.9. The van der Waals surface area contributed by atoms with Gasteiger partial charge in [0.1, 0.15) is 5.82 Å². The van der Waals surface area contributed by atoms with Gasteiger partial charge in [-0.15, -0.1) is 4.52 Å². The number of aliphatic hydroxyl groups excluding tert-OH is 1. The third-order valence-electron chi connectivity index (χ3n) is 3.53. The van der Waals surface area contributed by atoms with Crippen LogP contribution in [0.1, 0.15) is 15.9 Å². The molecule has 1 aromatic heterocycles. The van der Waals surface area contributed by atoms with Crippen LogP contribution in [0.3, 0.4) is 0 Å². The van der Waals surface area contributed by atoms with Crippen molar-refractivity contribution in [2.45, 2.75) is 6.42 Å². The van der Waals surface area contributed by atoms with Gasteiger partial charge in [-0.1, -0.05) is 30.3 Å². The molecule has 2 unspecified atom stereocenters. The maximum atomic E-state index is 12.6. The Hall–Kier alpha value is -2.67. The number of carbonyl (C=O) groups excluding carboxylic acids is 1. The number of benzene rings is 1. The zero-order valence-electron chi connectivity index (χ0n) is 13.7. The second kappa shape index (κ2) is 9.72. The van der Waals surface area contributed by atoms with Gasteiger partial charge in [0.25, 0.3) is 0 Å². The molecule has 0 spiro atoms. The molecule has 0 saturated carbocycles. The zero-order valence-corrected chi connectivity index (χ0v) is 14.6. The second-order valence-corrected chi connectivity index (χ2v) is 6.67. The summed E-state index contributed by atoms with van der Waals surface area (Å²) in [6.45, 7) is -0.697. The summed E-state index contributed by atoms with van der Waals surface area (Å²) < 4.78 is 16.5. The summed E-state index contributed by atoms with van der Waals surface area (Å²) in [7, 11) is -2.22. The van der Waals surface area contributed by atoms with Crippen molar-refractivity contribution in [2.75, 3.05) is 18.3 Å². The van der Waals surface area contributed by atoms with Gasteiger partial charge in [0, 0.05) is 6.20 Å². The molecular weight excluding hydrogens is 359 g/mol. The molecule has 9 heteroatoms. The molecular formula is C17H18N2O6P+. The molecule has 3 N–H and O–H groups in total. The van der Waals surface area contributed by atoms with E-state index in [1.54, 1.807) is 0 Å². The first-order valence-electron chi connectivity index (χ1n) is 7.72. The highest BCUT2D eigenvalue weighted by Gasteiger charge is 2.31. The first-order chi connectivity index (χ1) is 12.5. The summed E-state index contributed by atoms with van der Waals surface area (Å²) in [6, 6.07) is 11.7.